The van der Waals surface area contributed by atoms with Crippen molar-refractivity contribution in [2.75, 3.05) is 24.3 Å². The van der Waals surface area contributed by atoms with Gasteiger partial charge in [-0.05, 0) is 30.7 Å². The molecule has 0 fully saturated rings. The van der Waals surface area contributed by atoms with Crippen LogP contribution in [-0.2, 0) is 0 Å². The maximum atomic E-state index is 12.2. The number of nitrogens with one attached hydrogen (secondary N) is 1. The zero-order valence-corrected chi connectivity index (χ0v) is 11.2. The maximum Gasteiger partial charge on any atom is 0.260 e. The van der Waals surface area contributed by atoms with Crippen LogP contribution >= 0.6 is 0 Å². The normalized spacial score (nSPS) is 10.1. The summed E-state index contributed by atoms with van der Waals surface area (Å²) in [5.74, 6) is 0.949. The molecule has 0 aliphatic rings. The van der Waals surface area contributed by atoms with Gasteiger partial charge in [0.15, 0.2) is 0 Å². The van der Waals surface area contributed by atoms with Gasteiger partial charge in [-0.1, -0.05) is 6.07 Å². The molecule has 1 amide bonds. The summed E-state index contributed by atoms with van der Waals surface area (Å²) in [4.78, 5) is 22.4. The van der Waals surface area contributed by atoms with E-state index >= 15 is 0 Å². The van der Waals surface area contributed by atoms with Crippen molar-refractivity contribution in [2.45, 2.75) is 6.92 Å². The van der Waals surface area contributed by atoms with E-state index in [0.717, 1.165) is 5.56 Å². The van der Waals surface area contributed by atoms with Gasteiger partial charge < -0.3 is 10.2 Å². The molecule has 0 aliphatic heterocycles. The molecule has 0 saturated heterocycles. The van der Waals surface area contributed by atoms with Crippen LogP contribution in [0.3, 0.4) is 0 Å². The Labute approximate surface area is 112 Å². The van der Waals surface area contributed by atoms with Gasteiger partial charge in [0.1, 0.15) is 11.6 Å². The molecule has 2 aromatic heterocycles. The van der Waals surface area contributed by atoms with E-state index in [1.807, 2.05) is 27.1 Å². The fourth-order valence-electron chi connectivity index (χ4n) is 1.66. The molecule has 2 rings (SSSR count). The first kappa shape index (κ1) is 13.0. The molecule has 2 heterocycles. The second-order valence-electron chi connectivity index (χ2n) is 4.44. The van der Waals surface area contributed by atoms with Crippen LogP contribution in [0, 0.1) is 6.92 Å². The predicted octanol–water partition coefficient (Wildman–Crippen LogP) is 2.10. The number of carbonyl (C=O) groups is 1. The third-order valence-electron chi connectivity index (χ3n) is 2.61. The minimum absolute atomic E-state index is 0.215. The summed E-state index contributed by atoms with van der Waals surface area (Å²) in [6, 6.07) is 7.16. The number of rotatable bonds is 3. The lowest BCUT2D eigenvalue weighted by Gasteiger charge is -2.15. The molecule has 0 bridgehead atoms. The summed E-state index contributed by atoms with van der Waals surface area (Å²) >= 11 is 0. The first-order chi connectivity index (χ1) is 9.08. The Balaban J connectivity index is 2.23. The number of carbonyl (C=O) groups excluding carboxylic acids is 1. The number of nitrogens with zero attached hydrogens (tertiary/aromatic N) is 3. The van der Waals surface area contributed by atoms with Crippen molar-refractivity contribution in [3.8, 4) is 0 Å². The molecule has 0 aliphatic carbocycles. The summed E-state index contributed by atoms with van der Waals surface area (Å²) < 4.78 is 0. The van der Waals surface area contributed by atoms with Crippen LogP contribution in [0.15, 0.2) is 36.7 Å². The minimum atomic E-state index is -0.215. The second-order valence-corrected chi connectivity index (χ2v) is 4.44. The summed E-state index contributed by atoms with van der Waals surface area (Å²) in [6.45, 7) is 1.95. The summed E-state index contributed by atoms with van der Waals surface area (Å²) in [5.41, 5.74) is 1.57. The summed E-state index contributed by atoms with van der Waals surface area (Å²) in [6.07, 6.45) is 3.38. The van der Waals surface area contributed by atoms with Crippen molar-refractivity contribution in [2.24, 2.45) is 0 Å². The lowest BCUT2D eigenvalue weighted by Crippen LogP contribution is -2.20. The highest BCUT2D eigenvalue weighted by Crippen LogP contribution is 2.16. The van der Waals surface area contributed by atoms with E-state index in [0.29, 0.717) is 17.2 Å². The number of aromatic nitrogens is 2. The second kappa shape index (κ2) is 5.48. The number of hydrogen-bond donors (Lipinski definition) is 1. The first-order valence-corrected chi connectivity index (χ1v) is 5.94. The third-order valence-corrected chi connectivity index (χ3v) is 2.61. The molecule has 1 N–H and O–H groups in total. The van der Waals surface area contributed by atoms with Gasteiger partial charge >= 0.3 is 0 Å². The molecule has 0 aromatic carbocycles. The molecule has 2 aromatic rings. The topological polar surface area (TPSA) is 58.1 Å². The molecule has 19 heavy (non-hydrogen) atoms. The molecular formula is C14H16N4O. The van der Waals surface area contributed by atoms with Gasteiger partial charge in [-0.3, -0.25) is 4.79 Å². The average Bonchev–Trinajstić information content (AvgIpc) is 2.41. The van der Waals surface area contributed by atoms with Crippen LogP contribution in [-0.4, -0.2) is 30.0 Å². The van der Waals surface area contributed by atoms with E-state index in [1.54, 1.807) is 35.5 Å². The van der Waals surface area contributed by atoms with Gasteiger partial charge in [-0.2, -0.15) is 0 Å². The van der Waals surface area contributed by atoms with E-state index in [2.05, 4.69) is 15.3 Å². The fourth-order valence-corrected chi connectivity index (χ4v) is 1.66. The van der Waals surface area contributed by atoms with Gasteiger partial charge in [-0.15, -0.1) is 0 Å². The minimum Gasteiger partial charge on any atom is -0.362 e. The van der Waals surface area contributed by atoms with Gasteiger partial charge in [0.05, 0.1) is 5.56 Å². The van der Waals surface area contributed by atoms with Gasteiger partial charge in [0, 0.05) is 26.5 Å². The van der Waals surface area contributed by atoms with Gasteiger partial charge in [0.2, 0.25) is 0 Å². The molecule has 0 unspecified atom stereocenters. The van der Waals surface area contributed by atoms with E-state index in [-0.39, 0.29) is 5.91 Å². The molecule has 5 heteroatoms. The summed E-state index contributed by atoms with van der Waals surface area (Å²) in [7, 11) is 3.70. The van der Waals surface area contributed by atoms with Crippen LogP contribution in [0.4, 0.5) is 11.6 Å². The first-order valence-electron chi connectivity index (χ1n) is 5.94. The van der Waals surface area contributed by atoms with Crippen LogP contribution < -0.4 is 10.2 Å². The number of aryl methyl sites for hydroxylation is 1. The molecular weight excluding hydrogens is 240 g/mol. The average molecular weight is 256 g/mol. The van der Waals surface area contributed by atoms with Crippen LogP contribution in [0.1, 0.15) is 15.9 Å². The van der Waals surface area contributed by atoms with Crippen molar-refractivity contribution in [3.05, 3.63) is 47.8 Å². The van der Waals surface area contributed by atoms with E-state index in [4.69, 9.17) is 0 Å². The molecule has 98 valence electrons. The van der Waals surface area contributed by atoms with E-state index in [1.165, 1.54) is 0 Å². The van der Waals surface area contributed by atoms with E-state index < -0.39 is 0 Å². The van der Waals surface area contributed by atoms with Crippen molar-refractivity contribution < 1.29 is 4.79 Å². The quantitative estimate of drug-likeness (QED) is 0.913. The lowest BCUT2D eigenvalue weighted by atomic mass is 10.2. The Morgan fingerprint density at radius 1 is 1.21 bits per heavy atom. The fraction of sp³-hybridized carbons (Fsp3) is 0.214. The zero-order chi connectivity index (χ0) is 13.8. The standard InChI is InChI=1S/C14H16N4O/c1-10-6-7-12(16-9-10)17-14(19)11-5-4-8-15-13(11)18(2)3/h4-9H,1-3H3,(H,16,17,19). The van der Waals surface area contributed by atoms with Crippen molar-refractivity contribution in [1.82, 2.24) is 9.97 Å². The highest BCUT2D eigenvalue weighted by atomic mass is 16.1. The largest absolute Gasteiger partial charge is 0.362 e. The van der Waals surface area contributed by atoms with Gasteiger partial charge in [-0.25, -0.2) is 9.97 Å². The highest BCUT2D eigenvalue weighted by Gasteiger charge is 2.13. The number of amides is 1. The predicted molar refractivity (Wildman–Crippen MR) is 75.5 cm³/mol. The Hall–Kier alpha value is -2.43. The Morgan fingerprint density at radius 3 is 2.63 bits per heavy atom. The highest BCUT2D eigenvalue weighted by molar-refractivity contribution is 6.07. The number of hydrogen-bond acceptors (Lipinski definition) is 4. The van der Waals surface area contributed by atoms with Crippen LogP contribution in [0.5, 0.6) is 0 Å². The Bertz CT molecular complexity index is 578. The zero-order valence-electron chi connectivity index (χ0n) is 11.2. The van der Waals surface area contributed by atoms with Crippen molar-refractivity contribution >= 4 is 17.5 Å². The molecule has 0 saturated carbocycles. The van der Waals surface area contributed by atoms with Crippen molar-refractivity contribution in [3.63, 3.8) is 0 Å². The Morgan fingerprint density at radius 2 is 2.00 bits per heavy atom. The van der Waals surface area contributed by atoms with Crippen LogP contribution in [0.25, 0.3) is 0 Å². The van der Waals surface area contributed by atoms with Crippen LogP contribution in [0.2, 0.25) is 0 Å². The molecule has 0 spiro atoms. The van der Waals surface area contributed by atoms with E-state index in [9.17, 15) is 4.79 Å². The molecule has 5 nitrogen and oxygen atoms in total. The SMILES string of the molecule is Cc1ccc(NC(=O)c2cccnc2N(C)C)nc1. The lowest BCUT2D eigenvalue weighted by molar-refractivity contribution is 0.102. The maximum absolute atomic E-state index is 12.2. The van der Waals surface area contributed by atoms with Crippen molar-refractivity contribution in [1.29, 1.82) is 0 Å². The number of anilines is 2. The third kappa shape index (κ3) is 3.07. The summed E-state index contributed by atoms with van der Waals surface area (Å²) in [5, 5.41) is 2.76. The smallest absolute Gasteiger partial charge is 0.260 e. The molecule has 0 radical (unpaired) electrons. The van der Waals surface area contributed by atoms with Gasteiger partial charge in [0.25, 0.3) is 5.91 Å². The number of pyridine rings is 2. The Kier molecular flexibility index (Phi) is 3.75. The molecule has 0 atom stereocenters. The monoisotopic (exact) mass is 256 g/mol.